The van der Waals surface area contributed by atoms with Crippen LogP contribution in [0, 0.1) is 0 Å². The van der Waals surface area contributed by atoms with Crippen molar-refractivity contribution < 1.29 is 24.1 Å². The molecule has 2 aromatic heterocycles. The molecule has 1 saturated heterocycles. The summed E-state index contributed by atoms with van der Waals surface area (Å²) in [5.74, 6) is -2.43. The van der Waals surface area contributed by atoms with Gasteiger partial charge in [0.05, 0.1) is 13.2 Å². The van der Waals surface area contributed by atoms with E-state index < -0.39 is 30.7 Å². The van der Waals surface area contributed by atoms with Gasteiger partial charge in [-0.15, -0.1) is 6.58 Å². The van der Waals surface area contributed by atoms with Gasteiger partial charge in [-0.3, -0.25) is 4.57 Å². The van der Waals surface area contributed by atoms with E-state index in [0.717, 1.165) is 10.9 Å². The third-order valence-electron chi connectivity index (χ3n) is 4.08. The van der Waals surface area contributed by atoms with Crippen molar-refractivity contribution in [2.75, 3.05) is 25.6 Å². The first-order valence-corrected chi connectivity index (χ1v) is 7.31. The predicted octanol–water partition coefficient (Wildman–Crippen LogP) is -0.262. The third kappa shape index (κ3) is 2.14. The Bertz CT molecular complexity index is 784. The minimum absolute atomic E-state index is 0.0499. The second-order valence-electron chi connectivity index (χ2n) is 5.43. The molecule has 3 heterocycles. The van der Waals surface area contributed by atoms with Crippen molar-refractivity contribution in [3.05, 3.63) is 19.0 Å². The van der Waals surface area contributed by atoms with Gasteiger partial charge in [0.25, 0.3) is 0 Å². The van der Waals surface area contributed by atoms with Crippen LogP contribution in [0.25, 0.3) is 11.2 Å². The van der Waals surface area contributed by atoms with E-state index in [1.807, 2.05) is 0 Å². The van der Waals surface area contributed by atoms with Gasteiger partial charge in [0.15, 0.2) is 11.2 Å². The van der Waals surface area contributed by atoms with E-state index >= 15 is 4.39 Å². The average Bonchev–Trinajstić information content (AvgIpc) is 3.10. The number of nitrogen functional groups attached to an aromatic ring is 1. The monoisotopic (exact) mass is 339 g/mol. The maximum Gasteiger partial charge on any atom is 0.247 e. The molecule has 130 valence electrons. The number of nitrogens with zero attached hydrogens (tertiary/aromatic N) is 4. The summed E-state index contributed by atoms with van der Waals surface area (Å²) in [6.07, 6.45) is 0.606. The van der Waals surface area contributed by atoms with E-state index in [4.69, 9.17) is 15.2 Å². The molecule has 1 aliphatic heterocycles. The van der Waals surface area contributed by atoms with Crippen molar-refractivity contribution in [1.82, 2.24) is 19.5 Å². The number of halogens is 1. The molecule has 0 radical (unpaired) electrons. The number of nitrogens with two attached hydrogens (primary N) is 1. The lowest BCUT2D eigenvalue weighted by Crippen LogP contribution is -2.50. The number of anilines is 1. The molecule has 1 fully saturated rings. The molecule has 3 atom stereocenters. The molecule has 0 aromatic carbocycles. The van der Waals surface area contributed by atoms with Gasteiger partial charge in [-0.25, -0.2) is 9.37 Å². The summed E-state index contributed by atoms with van der Waals surface area (Å²) in [5.41, 5.74) is 4.29. The molecule has 0 bridgehead atoms. The molecular formula is C14H18FN5O4. The first-order chi connectivity index (χ1) is 11.4. The topological polar surface area (TPSA) is 129 Å². The Labute approximate surface area is 136 Å². The fraction of sp³-hybridized carbons (Fsp3) is 0.500. The van der Waals surface area contributed by atoms with Crippen molar-refractivity contribution in [1.29, 1.82) is 0 Å². The number of aliphatic hydroxyl groups is 2. The molecule has 1 aliphatic rings. The second kappa shape index (κ2) is 5.65. The third-order valence-corrected chi connectivity index (χ3v) is 4.08. The molecule has 4 N–H and O–H groups in total. The summed E-state index contributed by atoms with van der Waals surface area (Å²) >= 11 is 0. The van der Waals surface area contributed by atoms with Gasteiger partial charge >= 0.3 is 0 Å². The molecule has 0 unspecified atom stereocenters. The Morgan fingerprint density at radius 1 is 1.62 bits per heavy atom. The number of fused-ring (bicyclic) bond motifs is 1. The van der Waals surface area contributed by atoms with Crippen LogP contribution in [0.1, 0.15) is 6.92 Å². The summed E-state index contributed by atoms with van der Waals surface area (Å²) < 4.78 is 27.2. The van der Waals surface area contributed by atoms with Gasteiger partial charge < -0.3 is 25.4 Å². The van der Waals surface area contributed by atoms with Crippen molar-refractivity contribution in [3.8, 4) is 5.88 Å². The fourth-order valence-corrected chi connectivity index (χ4v) is 2.74. The first kappa shape index (κ1) is 16.6. The van der Waals surface area contributed by atoms with Crippen molar-refractivity contribution in [2.45, 2.75) is 24.4 Å². The van der Waals surface area contributed by atoms with E-state index in [0.29, 0.717) is 6.61 Å². The molecule has 0 amide bonds. The molecule has 9 nitrogen and oxygen atoms in total. The molecule has 0 aliphatic carbocycles. The first-order valence-electron chi connectivity index (χ1n) is 7.31. The van der Waals surface area contributed by atoms with Crippen LogP contribution in [0.15, 0.2) is 19.0 Å². The highest BCUT2D eigenvalue weighted by molar-refractivity contribution is 5.77. The SMILES string of the molecule is C=C[C@]1(CO)OC[C@@](F)(n2cnc3c(OCC)nc(N)nc32)[C@@H]1O. The zero-order valence-electron chi connectivity index (χ0n) is 13.0. The molecule has 2 aromatic rings. The molecule has 3 rings (SSSR count). The average molecular weight is 339 g/mol. The normalized spacial score (nSPS) is 29.9. The van der Waals surface area contributed by atoms with Crippen molar-refractivity contribution >= 4 is 17.1 Å². The van der Waals surface area contributed by atoms with Crippen LogP contribution < -0.4 is 10.5 Å². The summed E-state index contributed by atoms with van der Waals surface area (Å²) in [6, 6.07) is 0. The van der Waals surface area contributed by atoms with Crippen LogP contribution in [0.2, 0.25) is 0 Å². The van der Waals surface area contributed by atoms with E-state index in [9.17, 15) is 10.2 Å². The number of ether oxygens (including phenoxy) is 2. The van der Waals surface area contributed by atoms with E-state index in [1.54, 1.807) is 6.92 Å². The van der Waals surface area contributed by atoms with Crippen LogP contribution in [0.3, 0.4) is 0 Å². The van der Waals surface area contributed by atoms with Gasteiger partial charge in [0, 0.05) is 0 Å². The van der Waals surface area contributed by atoms with Gasteiger partial charge in [0.1, 0.15) is 24.6 Å². The molecule has 0 spiro atoms. The summed E-state index contributed by atoms with van der Waals surface area (Å²) in [5, 5.41) is 19.9. The lowest BCUT2D eigenvalue weighted by molar-refractivity contribution is -0.0780. The van der Waals surface area contributed by atoms with Crippen molar-refractivity contribution in [2.24, 2.45) is 0 Å². The van der Waals surface area contributed by atoms with Gasteiger partial charge in [-0.2, -0.15) is 9.97 Å². The maximum absolute atomic E-state index is 15.6. The summed E-state index contributed by atoms with van der Waals surface area (Å²) in [7, 11) is 0. The van der Waals surface area contributed by atoms with Crippen molar-refractivity contribution in [3.63, 3.8) is 0 Å². The van der Waals surface area contributed by atoms with E-state index in [1.165, 1.54) is 6.08 Å². The number of alkyl halides is 1. The largest absolute Gasteiger partial charge is 0.476 e. The Kier molecular flexibility index (Phi) is 3.90. The number of hydrogen-bond acceptors (Lipinski definition) is 8. The number of aliphatic hydroxyl groups excluding tert-OH is 2. The van der Waals surface area contributed by atoms with Gasteiger partial charge in [-0.05, 0) is 6.92 Å². The number of aromatic nitrogens is 4. The number of rotatable bonds is 5. The zero-order valence-corrected chi connectivity index (χ0v) is 13.0. The van der Waals surface area contributed by atoms with Crippen LogP contribution in [0.4, 0.5) is 10.3 Å². The molecule has 10 heteroatoms. The Balaban J connectivity index is 2.15. The Morgan fingerprint density at radius 2 is 2.38 bits per heavy atom. The zero-order chi connectivity index (χ0) is 17.5. The highest BCUT2D eigenvalue weighted by atomic mass is 19.1. The molecular weight excluding hydrogens is 321 g/mol. The van der Waals surface area contributed by atoms with Crippen LogP contribution in [-0.2, 0) is 10.5 Å². The summed E-state index contributed by atoms with van der Waals surface area (Å²) in [6.45, 7) is 4.41. The standard InChI is InChI=1S/C14H18FN5O4/c1-3-13(5-21)11(22)14(15,6-24-13)20-7-17-8-9(20)18-12(16)19-10(8)23-4-2/h3,7,11,21-22H,1,4-6H2,2H3,(H2,16,18,19)/t11-,13-,14-/m1/s1. The quantitative estimate of drug-likeness (QED) is 0.636. The Morgan fingerprint density at radius 3 is 2.96 bits per heavy atom. The fourth-order valence-electron chi connectivity index (χ4n) is 2.74. The number of hydrogen-bond donors (Lipinski definition) is 3. The Hall–Kier alpha value is -2.30. The lowest BCUT2D eigenvalue weighted by atomic mass is 9.93. The highest BCUT2D eigenvalue weighted by Gasteiger charge is 2.59. The summed E-state index contributed by atoms with van der Waals surface area (Å²) in [4.78, 5) is 12.0. The van der Waals surface area contributed by atoms with Crippen LogP contribution >= 0.6 is 0 Å². The minimum atomic E-state index is -2.42. The van der Waals surface area contributed by atoms with E-state index in [-0.39, 0.29) is 23.0 Å². The molecule has 0 saturated carbocycles. The highest BCUT2D eigenvalue weighted by Crippen LogP contribution is 2.42. The van der Waals surface area contributed by atoms with Gasteiger partial charge in [0.2, 0.25) is 17.6 Å². The number of imidazole rings is 1. The smallest absolute Gasteiger partial charge is 0.247 e. The maximum atomic E-state index is 15.6. The lowest BCUT2D eigenvalue weighted by Gasteiger charge is -2.30. The second-order valence-corrected chi connectivity index (χ2v) is 5.43. The van der Waals surface area contributed by atoms with Crippen LogP contribution in [0.5, 0.6) is 5.88 Å². The van der Waals surface area contributed by atoms with Crippen LogP contribution in [-0.4, -0.2) is 61.3 Å². The van der Waals surface area contributed by atoms with Gasteiger partial charge in [-0.1, -0.05) is 6.08 Å². The van der Waals surface area contributed by atoms with E-state index in [2.05, 4.69) is 21.5 Å². The minimum Gasteiger partial charge on any atom is -0.476 e. The molecule has 24 heavy (non-hydrogen) atoms. The predicted molar refractivity (Wildman–Crippen MR) is 82.0 cm³/mol.